The second-order valence-electron chi connectivity index (χ2n) is 4.56. The van der Waals surface area contributed by atoms with Gasteiger partial charge in [0.15, 0.2) is 0 Å². The molecule has 0 unspecified atom stereocenters. The normalized spacial score (nSPS) is 11.1. The standard InChI is InChI=1S/C14H11Br2ClN2O3S/c1-8(20)18-13-5-3-10(7-12(13)17)19-23(21,22)14-6-9(15)2-4-11(14)16/h2-7,19H,1H3,(H,18,20). The molecule has 2 rings (SSSR count). The van der Waals surface area contributed by atoms with Gasteiger partial charge < -0.3 is 5.32 Å². The molecule has 0 aliphatic carbocycles. The maximum atomic E-state index is 12.5. The molecule has 2 aromatic carbocycles. The van der Waals surface area contributed by atoms with Gasteiger partial charge in [-0.1, -0.05) is 27.5 Å². The molecule has 0 aromatic heterocycles. The van der Waals surface area contributed by atoms with E-state index in [-0.39, 0.29) is 21.5 Å². The summed E-state index contributed by atoms with van der Waals surface area (Å²) in [5, 5.41) is 2.78. The average molecular weight is 483 g/mol. The molecule has 122 valence electrons. The van der Waals surface area contributed by atoms with E-state index in [2.05, 4.69) is 41.9 Å². The number of nitrogens with one attached hydrogen (secondary N) is 2. The van der Waals surface area contributed by atoms with Gasteiger partial charge in [0.2, 0.25) is 5.91 Å². The van der Waals surface area contributed by atoms with Crippen LogP contribution in [0.3, 0.4) is 0 Å². The van der Waals surface area contributed by atoms with Crippen molar-refractivity contribution in [2.45, 2.75) is 11.8 Å². The van der Waals surface area contributed by atoms with Gasteiger partial charge in [-0.2, -0.15) is 0 Å². The van der Waals surface area contributed by atoms with Gasteiger partial charge in [0.05, 0.1) is 16.4 Å². The maximum Gasteiger partial charge on any atom is 0.263 e. The topological polar surface area (TPSA) is 75.3 Å². The van der Waals surface area contributed by atoms with Gasteiger partial charge in [-0.3, -0.25) is 9.52 Å². The van der Waals surface area contributed by atoms with Crippen LogP contribution in [0.2, 0.25) is 5.02 Å². The lowest BCUT2D eigenvalue weighted by atomic mass is 10.3. The minimum absolute atomic E-state index is 0.0916. The molecule has 23 heavy (non-hydrogen) atoms. The predicted octanol–water partition coefficient (Wildman–Crippen LogP) is 4.62. The lowest BCUT2D eigenvalue weighted by Gasteiger charge is -2.12. The fraction of sp³-hybridized carbons (Fsp3) is 0.0714. The van der Waals surface area contributed by atoms with Gasteiger partial charge in [-0.25, -0.2) is 8.42 Å². The molecule has 2 aromatic rings. The zero-order valence-electron chi connectivity index (χ0n) is 11.7. The van der Waals surface area contributed by atoms with E-state index in [1.54, 1.807) is 12.1 Å². The lowest BCUT2D eigenvalue weighted by Crippen LogP contribution is -2.14. The summed E-state index contributed by atoms with van der Waals surface area (Å²) in [5.41, 5.74) is 0.696. The van der Waals surface area contributed by atoms with Crippen LogP contribution in [0.25, 0.3) is 0 Å². The Morgan fingerprint density at radius 2 is 1.83 bits per heavy atom. The molecule has 0 saturated carbocycles. The summed E-state index contributed by atoms with van der Waals surface area (Å²) in [6, 6.07) is 9.31. The smallest absolute Gasteiger partial charge is 0.263 e. The van der Waals surface area contributed by atoms with Crippen molar-refractivity contribution in [2.24, 2.45) is 0 Å². The number of benzene rings is 2. The quantitative estimate of drug-likeness (QED) is 0.668. The fourth-order valence-electron chi connectivity index (χ4n) is 1.76. The maximum absolute atomic E-state index is 12.5. The summed E-state index contributed by atoms with van der Waals surface area (Å²) in [4.78, 5) is 11.1. The number of halogens is 3. The van der Waals surface area contributed by atoms with E-state index in [0.29, 0.717) is 14.6 Å². The van der Waals surface area contributed by atoms with Crippen LogP contribution in [-0.2, 0) is 14.8 Å². The highest BCUT2D eigenvalue weighted by Gasteiger charge is 2.18. The summed E-state index contributed by atoms with van der Waals surface area (Å²) < 4.78 is 28.5. The molecule has 0 saturated heterocycles. The van der Waals surface area contributed by atoms with Crippen molar-refractivity contribution in [3.63, 3.8) is 0 Å². The molecule has 0 radical (unpaired) electrons. The Morgan fingerprint density at radius 1 is 1.13 bits per heavy atom. The van der Waals surface area contributed by atoms with Crippen molar-refractivity contribution < 1.29 is 13.2 Å². The summed E-state index contributed by atoms with van der Waals surface area (Å²) >= 11 is 12.5. The van der Waals surface area contributed by atoms with E-state index in [1.165, 1.54) is 31.2 Å². The van der Waals surface area contributed by atoms with Gasteiger partial charge in [0.25, 0.3) is 10.0 Å². The molecule has 0 spiro atoms. The van der Waals surface area contributed by atoms with E-state index < -0.39 is 10.0 Å². The number of carbonyl (C=O) groups is 1. The molecule has 0 atom stereocenters. The Morgan fingerprint density at radius 3 is 2.43 bits per heavy atom. The monoisotopic (exact) mass is 480 g/mol. The fourth-order valence-corrected chi connectivity index (χ4v) is 4.54. The van der Waals surface area contributed by atoms with Crippen LogP contribution in [-0.4, -0.2) is 14.3 Å². The molecule has 0 heterocycles. The van der Waals surface area contributed by atoms with Crippen LogP contribution in [0.1, 0.15) is 6.92 Å². The number of anilines is 2. The number of carbonyl (C=O) groups excluding carboxylic acids is 1. The van der Waals surface area contributed by atoms with Gasteiger partial charge >= 0.3 is 0 Å². The Bertz CT molecular complexity index is 872. The highest BCUT2D eigenvalue weighted by Crippen LogP contribution is 2.30. The molecule has 2 N–H and O–H groups in total. The van der Waals surface area contributed by atoms with Gasteiger partial charge in [0, 0.05) is 15.9 Å². The van der Waals surface area contributed by atoms with Crippen molar-refractivity contribution in [1.82, 2.24) is 0 Å². The molecule has 9 heteroatoms. The van der Waals surface area contributed by atoms with Crippen molar-refractivity contribution >= 4 is 70.8 Å². The first-order valence-electron chi connectivity index (χ1n) is 6.24. The van der Waals surface area contributed by atoms with E-state index in [4.69, 9.17) is 11.6 Å². The van der Waals surface area contributed by atoms with Crippen LogP contribution < -0.4 is 10.0 Å². The number of hydrogen-bond donors (Lipinski definition) is 2. The van der Waals surface area contributed by atoms with Crippen LogP contribution in [0.15, 0.2) is 50.2 Å². The highest BCUT2D eigenvalue weighted by molar-refractivity contribution is 9.11. The van der Waals surface area contributed by atoms with Crippen LogP contribution in [0.4, 0.5) is 11.4 Å². The summed E-state index contributed by atoms with van der Waals surface area (Å²) in [6.07, 6.45) is 0. The molecule has 0 aliphatic heterocycles. The summed E-state index contributed by atoms with van der Waals surface area (Å²) in [5.74, 6) is -0.265. The SMILES string of the molecule is CC(=O)Nc1ccc(NS(=O)(=O)c2cc(Br)ccc2Br)cc1Cl. The third kappa shape index (κ3) is 4.69. The Kier molecular flexibility index (Phi) is 5.72. The van der Waals surface area contributed by atoms with Gasteiger partial charge in [-0.05, 0) is 52.3 Å². The largest absolute Gasteiger partial charge is 0.325 e. The zero-order valence-corrected chi connectivity index (χ0v) is 16.5. The van der Waals surface area contributed by atoms with E-state index in [0.717, 1.165) is 0 Å². The number of rotatable bonds is 4. The molecule has 5 nitrogen and oxygen atoms in total. The Labute approximate surface area is 155 Å². The van der Waals surface area contributed by atoms with E-state index in [9.17, 15) is 13.2 Å². The first kappa shape index (κ1) is 18.3. The van der Waals surface area contributed by atoms with Crippen molar-refractivity contribution in [2.75, 3.05) is 10.0 Å². The summed E-state index contributed by atoms with van der Waals surface area (Å²) in [6.45, 7) is 1.36. The molecule has 0 bridgehead atoms. The molecule has 1 amide bonds. The molecular formula is C14H11Br2ClN2O3S. The minimum Gasteiger partial charge on any atom is -0.325 e. The van der Waals surface area contributed by atoms with Gasteiger partial charge in [0.1, 0.15) is 4.90 Å². The third-order valence-electron chi connectivity index (χ3n) is 2.71. The summed E-state index contributed by atoms with van der Waals surface area (Å²) in [7, 11) is -3.79. The second-order valence-corrected chi connectivity index (χ2v) is 8.38. The Balaban J connectivity index is 2.32. The van der Waals surface area contributed by atoms with Crippen molar-refractivity contribution in [1.29, 1.82) is 0 Å². The van der Waals surface area contributed by atoms with Crippen molar-refractivity contribution in [3.8, 4) is 0 Å². The highest BCUT2D eigenvalue weighted by atomic mass is 79.9. The van der Waals surface area contributed by atoms with E-state index in [1.807, 2.05) is 0 Å². The third-order valence-corrected chi connectivity index (χ3v) is 5.90. The number of hydrogen-bond acceptors (Lipinski definition) is 3. The van der Waals surface area contributed by atoms with Crippen molar-refractivity contribution in [3.05, 3.63) is 50.4 Å². The number of amides is 1. The second kappa shape index (κ2) is 7.21. The molecular weight excluding hydrogens is 471 g/mol. The van der Waals surface area contributed by atoms with Crippen LogP contribution >= 0.6 is 43.5 Å². The first-order valence-corrected chi connectivity index (χ1v) is 9.69. The first-order chi connectivity index (χ1) is 10.7. The number of sulfonamides is 1. The minimum atomic E-state index is -3.79. The average Bonchev–Trinajstić information content (AvgIpc) is 2.43. The van der Waals surface area contributed by atoms with Gasteiger partial charge in [-0.15, -0.1) is 0 Å². The Hall–Kier alpha value is -1.09. The van der Waals surface area contributed by atoms with Crippen LogP contribution in [0, 0.1) is 0 Å². The molecule has 0 fully saturated rings. The molecule has 0 aliphatic rings. The predicted molar refractivity (Wildman–Crippen MR) is 98.4 cm³/mol. The van der Waals surface area contributed by atoms with Crippen LogP contribution in [0.5, 0.6) is 0 Å². The lowest BCUT2D eigenvalue weighted by molar-refractivity contribution is -0.114. The van der Waals surface area contributed by atoms with E-state index >= 15 is 0 Å². The zero-order chi connectivity index (χ0) is 17.2.